The first-order valence-electron chi connectivity index (χ1n) is 6.72. The molecule has 0 aromatic heterocycles. The van der Waals surface area contributed by atoms with Crippen molar-refractivity contribution in [3.63, 3.8) is 0 Å². The predicted molar refractivity (Wildman–Crippen MR) is 66.0 cm³/mol. The van der Waals surface area contributed by atoms with Gasteiger partial charge in [0.2, 0.25) is 0 Å². The molecule has 21 heavy (non-hydrogen) atoms. The summed E-state index contributed by atoms with van der Waals surface area (Å²) in [5.41, 5.74) is 0. The first-order chi connectivity index (χ1) is 9.86. The number of aliphatic hydroxyl groups is 5. The van der Waals surface area contributed by atoms with E-state index in [2.05, 4.69) is 0 Å². The normalized spacial score (nSPS) is 51.9. The summed E-state index contributed by atoms with van der Waals surface area (Å²) in [6.45, 7) is 1.54. The summed E-state index contributed by atoms with van der Waals surface area (Å²) in [6, 6.07) is 0. The highest BCUT2D eigenvalue weighted by molar-refractivity contribution is 4.90. The van der Waals surface area contributed by atoms with Gasteiger partial charge < -0.3 is 44.5 Å². The quantitative estimate of drug-likeness (QED) is 0.367. The van der Waals surface area contributed by atoms with E-state index < -0.39 is 55.3 Å². The van der Waals surface area contributed by atoms with Crippen molar-refractivity contribution >= 4 is 0 Å². The Morgan fingerprint density at radius 2 is 1.62 bits per heavy atom. The lowest BCUT2D eigenvalue weighted by Crippen LogP contribution is -2.61. The fourth-order valence-corrected chi connectivity index (χ4v) is 2.46. The Morgan fingerprint density at radius 3 is 2.24 bits per heavy atom. The zero-order valence-corrected chi connectivity index (χ0v) is 11.8. The van der Waals surface area contributed by atoms with Crippen molar-refractivity contribution in [1.29, 1.82) is 0 Å². The van der Waals surface area contributed by atoms with Crippen LogP contribution in [-0.4, -0.2) is 94.6 Å². The van der Waals surface area contributed by atoms with Gasteiger partial charge in [0.15, 0.2) is 12.6 Å². The molecule has 2 heterocycles. The summed E-state index contributed by atoms with van der Waals surface area (Å²) in [5, 5.41) is 48.7. The fraction of sp³-hybridized carbons (Fsp3) is 1.00. The number of hydrogen-bond donors (Lipinski definition) is 5. The van der Waals surface area contributed by atoms with Crippen LogP contribution in [-0.2, 0) is 18.9 Å². The van der Waals surface area contributed by atoms with E-state index in [9.17, 15) is 25.5 Å². The topological polar surface area (TPSA) is 138 Å². The van der Waals surface area contributed by atoms with Crippen LogP contribution in [0.2, 0.25) is 0 Å². The molecule has 2 aliphatic rings. The van der Waals surface area contributed by atoms with E-state index in [1.165, 1.54) is 14.0 Å². The van der Waals surface area contributed by atoms with Gasteiger partial charge >= 0.3 is 0 Å². The van der Waals surface area contributed by atoms with Crippen LogP contribution in [0.25, 0.3) is 0 Å². The summed E-state index contributed by atoms with van der Waals surface area (Å²) in [7, 11) is 1.38. The third kappa shape index (κ3) is 3.36. The van der Waals surface area contributed by atoms with Crippen molar-refractivity contribution in [3.05, 3.63) is 0 Å². The average Bonchev–Trinajstić information content (AvgIpc) is 2.45. The predicted octanol–water partition coefficient (Wildman–Crippen LogP) is -3.08. The molecule has 9 unspecified atom stereocenters. The highest BCUT2D eigenvalue weighted by Gasteiger charge is 2.47. The minimum atomic E-state index is -1.54. The van der Waals surface area contributed by atoms with Gasteiger partial charge in [-0.3, -0.25) is 0 Å². The summed E-state index contributed by atoms with van der Waals surface area (Å²) >= 11 is 0. The van der Waals surface area contributed by atoms with Crippen LogP contribution < -0.4 is 0 Å². The SMILES string of the molecule is COC1COC(OC2C(C)OC(O)C(O)C2O)C(O)C1O. The second-order valence-electron chi connectivity index (χ2n) is 5.27. The number of ether oxygens (including phenoxy) is 4. The summed E-state index contributed by atoms with van der Waals surface area (Å²) in [4.78, 5) is 0. The van der Waals surface area contributed by atoms with E-state index in [1.54, 1.807) is 0 Å². The molecule has 0 bridgehead atoms. The molecular formula is C12H22O9. The molecule has 2 fully saturated rings. The minimum Gasteiger partial charge on any atom is -0.387 e. The molecule has 5 N–H and O–H groups in total. The molecule has 0 aliphatic carbocycles. The van der Waals surface area contributed by atoms with Crippen LogP contribution in [0, 0.1) is 0 Å². The molecule has 2 aliphatic heterocycles. The molecule has 0 saturated carbocycles. The smallest absolute Gasteiger partial charge is 0.186 e. The Labute approximate surface area is 121 Å². The van der Waals surface area contributed by atoms with Crippen molar-refractivity contribution in [2.75, 3.05) is 13.7 Å². The largest absolute Gasteiger partial charge is 0.387 e. The molecule has 9 heteroatoms. The molecule has 9 atom stereocenters. The monoisotopic (exact) mass is 310 g/mol. The Balaban J connectivity index is 2.00. The Hall–Kier alpha value is -0.360. The maximum Gasteiger partial charge on any atom is 0.186 e. The molecule has 9 nitrogen and oxygen atoms in total. The lowest BCUT2D eigenvalue weighted by Gasteiger charge is -2.43. The maximum atomic E-state index is 9.95. The van der Waals surface area contributed by atoms with Crippen LogP contribution in [0.5, 0.6) is 0 Å². The van der Waals surface area contributed by atoms with Gasteiger partial charge in [0.05, 0.1) is 12.7 Å². The molecular weight excluding hydrogens is 288 g/mol. The summed E-state index contributed by atoms with van der Waals surface area (Å²) in [6.07, 6.45) is -10.7. The fourth-order valence-electron chi connectivity index (χ4n) is 2.46. The van der Waals surface area contributed by atoms with Gasteiger partial charge in [-0.2, -0.15) is 0 Å². The maximum absolute atomic E-state index is 9.95. The second-order valence-corrected chi connectivity index (χ2v) is 5.27. The zero-order chi connectivity index (χ0) is 15.7. The number of aliphatic hydroxyl groups excluding tert-OH is 5. The van der Waals surface area contributed by atoms with Crippen molar-refractivity contribution in [3.8, 4) is 0 Å². The number of hydrogen-bond acceptors (Lipinski definition) is 9. The van der Waals surface area contributed by atoms with Gasteiger partial charge in [-0.25, -0.2) is 0 Å². The molecule has 2 saturated heterocycles. The van der Waals surface area contributed by atoms with Gasteiger partial charge in [0, 0.05) is 7.11 Å². The minimum absolute atomic E-state index is 0.00260. The van der Waals surface area contributed by atoms with Gasteiger partial charge in [0.1, 0.15) is 36.6 Å². The van der Waals surface area contributed by atoms with Gasteiger partial charge in [-0.1, -0.05) is 0 Å². The van der Waals surface area contributed by atoms with E-state index in [0.717, 1.165) is 0 Å². The number of methoxy groups -OCH3 is 1. The number of rotatable bonds is 3. The third-order valence-corrected chi connectivity index (χ3v) is 3.82. The first kappa shape index (κ1) is 17.0. The summed E-state index contributed by atoms with van der Waals surface area (Å²) in [5.74, 6) is 0. The van der Waals surface area contributed by atoms with Crippen molar-refractivity contribution < 1.29 is 44.5 Å². The standard InChI is InChI=1S/C12H22O9/c1-4-10(7(14)8(15)11(17)20-4)21-12-9(16)6(13)5(18-2)3-19-12/h4-17H,3H2,1-2H3. The molecule has 0 aromatic carbocycles. The van der Waals surface area contributed by atoms with Gasteiger partial charge in [-0.15, -0.1) is 0 Å². The van der Waals surface area contributed by atoms with E-state index in [-0.39, 0.29) is 6.61 Å². The van der Waals surface area contributed by atoms with Crippen LogP contribution in [0.4, 0.5) is 0 Å². The third-order valence-electron chi connectivity index (χ3n) is 3.82. The summed E-state index contributed by atoms with van der Waals surface area (Å²) < 4.78 is 20.6. The van der Waals surface area contributed by atoms with E-state index in [0.29, 0.717) is 0 Å². The van der Waals surface area contributed by atoms with Crippen LogP contribution >= 0.6 is 0 Å². The van der Waals surface area contributed by atoms with Gasteiger partial charge in [0.25, 0.3) is 0 Å². The van der Waals surface area contributed by atoms with E-state index in [1.807, 2.05) is 0 Å². The molecule has 0 spiro atoms. The Kier molecular flexibility index (Phi) is 5.52. The molecule has 0 amide bonds. The van der Waals surface area contributed by atoms with Gasteiger partial charge in [-0.05, 0) is 6.92 Å². The highest BCUT2D eigenvalue weighted by atomic mass is 16.7. The van der Waals surface area contributed by atoms with E-state index >= 15 is 0 Å². The zero-order valence-electron chi connectivity index (χ0n) is 11.8. The second kappa shape index (κ2) is 6.82. The van der Waals surface area contributed by atoms with E-state index in [4.69, 9.17) is 18.9 Å². The van der Waals surface area contributed by atoms with Crippen molar-refractivity contribution in [1.82, 2.24) is 0 Å². The average molecular weight is 310 g/mol. The van der Waals surface area contributed by atoms with Crippen molar-refractivity contribution in [2.24, 2.45) is 0 Å². The van der Waals surface area contributed by atoms with Crippen LogP contribution in [0.1, 0.15) is 6.92 Å². The lowest BCUT2D eigenvalue weighted by molar-refractivity contribution is -0.338. The Morgan fingerprint density at radius 1 is 0.952 bits per heavy atom. The highest BCUT2D eigenvalue weighted by Crippen LogP contribution is 2.26. The van der Waals surface area contributed by atoms with Crippen LogP contribution in [0.3, 0.4) is 0 Å². The van der Waals surface area contributed by atoms with Crippen LogP contribution in [0.15, 0.2) is 0 Å². The molecule has 2 rings (SSSR count). The lowest BCUT2D eigenvalue weighted by atomic mass is 9.99. The molecule has 0 radical (unpaired) electrons. The van der Waals surface area contributed by atoms with Crippen molar-refractivity contribution in [2.45, 2.75) is 62.2 Å². The Bertz CT molecular complexity index is 341. The first-order valence-corrected chi connectivity index (χ1v) is 6.72. The molecule has 124 valence electrons. The molecule has 0 aromatic rings.